The van der Waals surface area contributed by atoms with Crippen molar-refractivity contribution >= 4 is 34.2 Å². The standard InChI is InChI=1S/C18H25BrN2O.ClH/c19-16-5-3-4-15(12-16)18(8-1-2-9-18)17(22)21-11-7-14-6-10-20-13-14;/h3-5,12,14,20H,1-2,6-11,13H2,(H,21,22);1H. The second kappa shape index (κ2) is 8.50. The Morgan fingerprint density at radius 3 is 2.78 bits per heavy atom. The Bertz CT molecular complexity index is 526. The Kier molecular flexibility index (Phi) is 6.93. The van der Waals surface area contributed by atoms with Gasteiger partial charge in [-0.05, 0) is 62.4 Å². The van der Waals surface area contributed by atoms with Crippen LogP contribution < -0.4 is 10.6 Å². The summed E-state index contributed by atoms with van der Waals surface area (Å²) in [4.78, 5) is 12.9. The molecule has 0 bridgehead atoms. The number of carbonyl (C=O) groups excluding carboxylic acids is 1. The van der Waals surface area contributed by atoms with Crippen LogP contribution in [0.4, 0.5) is 0 Å². The van der Waals surface area contributed by atoms with Gasteiger partial charge in [-0.3, -0.25) is 4.79 Å². The number of benzene rings is 1. The molecule has 23 heavy (non-hydrogen) atoms. The second-order valence-corrected chi connectivity index (χ2v) is 7.62. The van der Waals surface area contributed by atoms with Gasteiger partial charge in [-0.1, -0.05) is 40.9 Å². The first kappa shape index (κ1) is 18.8. The van der Waals surface area contributed by atoms with Crippen LogP contribution >= 0.6 is 28.3 Å². The molecule has 1 aliphatic carbocycles. The summed E-state index contributed by atoms with van der Waals surface area (Å²) >= 11 is 3.54. The molecule has 1 saturated carbocycles. The van der Waals surface area contributed by atoms with Gasteiger partial charge >= 0.3 is 0 Å². The molecular formula is C18H26BrClN2O. The lowest BCUT2D eigenvalue weighted by Gasteiger charge is -2.28. The fourth-order valence-electron chi connectivity index (χ4n) is 3.93. The predicted molar refractivity (Wildman–Crippen MR) is 100 cm³/mol. The zero-order valence-electron chi connectivity index (χ0n) is 13.4. The minimum Gasteiger partial charge on any atom is -0.355 e. The van der Waals surface area contributed by atoms with Gasteiger partial charge in [-0.25, -0.2) is 0 Å². The van der Waals surface area contributed by atoms with Crippen molar-refractivity contribution in [2.45, 2.75) is 43.9 Å². The van der Waals surface area contributed by atoms with Crippen LogP contribution in [0.25, 0.3) is 0 Å². The normalized spacial score (nSPS) is 22.6. The average Bonchev–Trinajstić information content (AvgIpc) is 3.19. The third-order valence-electron chi connectivity index (χ3n) is 5.27. The quantitative estimate of drug-likeness (QED) is 0.788. The first-order valence-electron chi connectivity index (χ1n) is 8.46. The molecule has 1 heterocycles. The first-order valence-corrected chi connectivity index (χ1v) is 9.25. The van der Waals surface area contributed by atoms with Crippen molar-refractivity contribution in [2.24, 2.45) is 5.92 Å². The molecule has 0 spiro atoms. The first-order chi connectivity index (χ1) is 10.7. The third kappa shape index (κ3) is 4.28. The Labute approximate surface area is 153 Å². The monoisotopic (exact) mass is 400 g/mol. The van der Waals surface area contributed by atoms with Gasteiger partial charge < -0.3 is 10.6 Å². The molecule has 128 valence electrons. The summed E-state index contributed by atoms with van der Waals surface area (Å²) in [5, 5.41) is 6.62. The van der Waals surface area contributed by atoms with Crippen LogP contribution in [0.1, 0.15) is 44.1 Å². The lowest BCUT2D eigenvalue weighted by molar-refractivity contribution is -0.126. The smallest absolute Gasteiger partial charge is 0.230 e. The number of halogens is 2. The zero-order valence-corrected chi connectivity index (χ0v) is 15.8. The van der Waals surface area contributed by atoms with Crippen LogP contribution in [0.5, 0.6) is 0 Å². The van der Waals surface area contributed by atoms with E-state index in [9.17, 15) is 4.79 Å². The van der Waals surface area contributed by atoms with E-state index in [1.807, 2.05) is 12.1 Å². The average molecular weight is 402 g/mol. The maximum atomic E-state index is 12.9. The predicted octanol–water partition coefficient (Wildman–Crippen LogP) is 3.80. The van der Waals surface area contributed by atoms with Gasteiger partial charge in [0.1, 0.15) is 0 Å². The SMILES string of the molecule is Cl.O=C(NCCC1CCNC1)C1(c2cccc(Br)c2)CCCC1. The fraction of sp³-hybridized carbons (Fsp3) is 0.611. The molecule has 1 amide bonds. The van der Waals surface area contributed by atoms with Crippen molar-refractivity contribution in [3.63, 3.8) is 0 Å². The van der Waals surface area contributed by atoms with E-state index in [4.69, 9.17) is 0 Å². The van der Waals surface area contributed by atoms with Crippen molar-refractivity contribution in [1.82, 2.24) is 10.6 Å². The van der Waals surface area contributed by atoms with E-state index in [2.05, 4.69) is 38.7 Å². The van der Waals surface area contributed by atoms with Gasteiger partial charge in [0.05, 0.1) is 5.41 Å². The lowest BCUT2D eigenvalue weighted by Crippen LogP contribution is -2.43. The fourth-order valence-corrected chi connectivity index (χ4v) is 4.33. The highest BCUT2D eigenvalue weighted by Crippen LogP contribution is 2.42. The number of hydrogen-bond acceptors (Lipinski definition) is 2. The molecule has 5 heteroatoms. The van der Waals surface area contributed by atoms with E-state index in [1.54, 1.807) is 0 Å². The van der Waals surface area contributed by atoms with Gasteiger partial charge in [-0.2, -0.15) is 0 Å². The number of carbonyl (C=O) groups is 1. The van der Waals surface area contributed by atoms with Crippen LogP contribution in [-0.4, -0.2) is 25.5 Å². The number of nitrogens with one attached hydrogen (secondary N) is 2. The van der Waals surface area contributed by atoms with Crippen LogP contribution in [0.15, 0.2) is 28.7 Å². The molecule has 1 unspecified atom stereocenters. The topological polar surface area (TPSA) is 41.1 Å². The summed E-state index contributed by atoms with van der Waals surface area (Å²) in [6.45, 7) is 3.04. The maximum absolute atomic E-state index is 12.9. The van der Waals surface area contributed by atoms with Gasteiger partial charge in [0.25, 0.3) is 0 Å². The van der Waals surface area contributed by atoms with E-state index in [0.717, 1.165) is 62.1 Å². The molecule has 1 aromatic rings. The summed E-state index contributed by atoms with van der Waals surface area (Å²) in [5.74, 6) is 0.958. The van der Waals surface area contributed by atoms with Gasteiger partial charge in [0.15, 0.2) is 0 Å². The largest absolute Gasteiger partial charge is 0.355 e. The summed E-state index contributed by atoms with van der Waals surface area (Å²) in [7, 11) is 0. The van der Waals surface area contributed by atoms with E-state index >= 15 is 0 Å². The summed E-state index contributed by atoms with van der Waals surface area (Å²) < 4.78 is 1.06. The Balaban J connectivity index is 0.00000192. The molecule has 1 saturated heterocycles. The van der Waals surface area contributed by atoms with Gasteiger partial charge in [0, 0.05) is 11.0 Å². The minimum atomic E-state index is -0.308. The van der Waals surface area contributed by atoms with E-state index in [0.29, 0.717) is 0 Å². The molecule has 3 nitrogen and oxygen atoms in total. The molecule has 2 N–H and O–H groups in total. The molecule has 1 aromatic carbocycles. The summed E-state index contributed by atoms with van der Waals surface area (Å²) in [6, 6.07) is 8.29. The second-order valence-electron chi connectivity index (χ2n) is 6.70. The van der Waals surface area contributed by atoms with Crippen molar-refractivity contribution in [3.8, 4) is 0 Å². The van der Waals surface area contributed by atoms with E-state index < -0.39 is 0 Å². The van der Waals surface area contributed by atoms with Crippen molar-refractivity contribution < 1.29 is 4.79 Å². The van der Waals surface area contributed by atoms with Crippen molar-refractivity contribution in [2.75, 3.05) is 19.6 Å². The lowest BCUT2D eigenvalue weighted by atomic mass is 9.78. The van der Waals surface area contributed by atoms with Crippen LogP contribution in [0, 0.1) is 5.92 Å². The van der Waals surface area contributed by atoms with Crippen LogP contribution in [-0.2, 0) is 10.2 Å². The maximum Gasteiger partial charge on any atom is 0.230 e. The molecular weight excluding hydrogens is 376 g/mol. The third-order valence-corrected chi connectivity index (χ3v) is 5.76. The van der Waals surface area contributed by atoms with Gasteiger partial charge in [0.2, 0.25) is 5.91 Å². The Hall–Kier alpha value is -0.580. The van der Waals surface area contributed by atoms with Crippen molar-refractivity contribution in [3.05, 3.63) is 34.3 Å². The van der Waals surface area contributed by atoms with Crippen molar-refractivity contribution in [1.29, 1.82) is 0 Å². The number of amides is 1. The molecule has 2 fully saturated rings. The molecule has 1 aliphatic heterocycles. The molecule has 2 aliphatic rings. The molecule has 0 radical (unpaired) electrons. The highest BCUT2D eigenvalue weighted by Gasteiger charge is 2.42. The van der Waals surface area contributed by atoms with E-state index in [-0.39, 0.29) is 23.7 Å². The minimum absolute atomic E-state index is 0. The molecule has 1 atom stereocenters. The molecule has 3 rings (SSSR count). The van der Waals surface area contributed by atoms with E-state index in [1.165, 1.54) is 12.0 Å². The zero-order chi connectivity index (χ0) is 15.4. The summed E-state index contributed by atoms with van der Waals surface area (Å²) in [5.41, 5.74) is 0.858. The van der Waals surface area contributed by atoms with Crippen LogP contribution in [0.2, 0.25) is 0 Å². The number of hydrogen-bond donors (Lipinski definition) is 2. The summed E-state index contributed by atoms with van der Waals surface area (Å²) in [6.07, 6.45) is 6.57. The highest BCUT2D eigenvalue weighted by molar-refractivity contribution is 9.10. The molecule has 0 aromatic heterocycles. The highest BCUT2D eigenvalue weighted by atomic mass is 79.9. The van der Waals surface area contributed by atoms with Crippen LogP contribution in [0.3, 0.4) is 0 Å². The number of rotatable bonds is 5. The van der Waals surface area contributed by atoms with Gasteiger partial charge in [-0.15, -0.1) is 12.4 Å². The Morgan fingerprint density at radius 1 is 1.35 bits per heavy atom. The Morgan fingerprint density at radius 2 is 2.13 bits per heavy atom.